The lowest BCUT2D eigenvalue weighted by Crippen LogP contribution is -2.27. The number of anilines is 1. The predicted octanol–water partition coefficient (Wildman–Crippen LogP) is 4.80. The average Bonchev–Trinajstić information content (AvgIpc) is 2.85. The maximum absolute atomic E-state index is 12.8. The SMILES string of the molecule is CCOc1ccc(N2C(=O)/C(=C\c3ccccc3C)SC2=S)cc1. The molecule has 0 aromatic heterocycles. The van der Waals surface area contributed by atoms with Gasteiger partial charge in [-0.1, -0.05) is 48.2 Å². The third-order valence-electron chi connectivity index (χ3n) is 3.67. The van der Waals surface area contributed by atoms with Crippen LogP contribution in [0.25, 0.3) is 6.08 Å². The van der Waals surface area contributed by atoms with Crippen molar-refractivity contribution in [3.05, 3.63) is 64.6 Å². The molecule has 5 heteroatoms. The van der Waals surface area contributed by atoms with Gasteiger partial charge in [-0.05, 0) is 55.3 Å². The van der Waals surface area contributed by atoms with Crippen molar-refractivity contribution >= 4 is 46.0 Å². The molecule has 0 unspecified atom stereocenters. The molecule has 0 saturated carbocycles. The van der Waals surface area contributed by atoms with Crippen LogP contribution in [-0.4, -0.2) is 16.8 Å². The fourth-order valence-corrected chi connectivity index (χ4v) is 3.73. The molecule has 1 amide bonds. The minimum absolute atomic E-state index is 0.0857. The van der Waals surface area contributed by atoms with Crippen LogP contribution >= 0.6 is 24.0 Å². The van der Waals surface area contributed by atoms with E-state index >= 15 is 0 Å². The molecule has 0 radical (unpaired) electrons. The van der Waals surface area contributed by atoms with Gasteiger partial charge in [0.2, 0.25) is 0 Å². The number of carbonyl (C=O) groups is 1. The first-order chi connectivity index (χ1) is 11.6. The van der Waals surface area contributed by atoms with Crippen molar-refractivity contribution in [3.63, 3.8) is 0 Å². The third-order valence-corrected chi connectivity index (χ3v) is 4.98. The second kappa shape index (κ2) is 7.20. The van der Waals surface area contributed by atoms with Crippen molar-refractivity contribution in [3.8, 4) is 5.75 Å². The Balaban J connectivity index is 1.88. The maximum Gasteiger partial charge on any atom is 0.270 e. The van der Waals surface area contributed by atoms with E-state index < -0.39 is 0 Å². The summed E-state index contributed by atoms with van der Waals surface area (Å²) in [7, 11) is 0. The quantitative estimate of drug-likeness (QED) is 0.582. The molecular formula is C19H17NO2S2. The molecule has 1 aliphatic heterocycles. The molecule has 1 aliphatic rings. The Morgan fingerprint density at radius 3 is 2.54 bits per heavy atom. The number of hydrogen-bond acceptors (Lipinski definition) is 4. The molecule has 0 spiro atoms. The van der Waals surface area contributed by atoms with Crippen LogP contribution in [0.1, 0.15) is 18.1 Å². The zero-order chi connectivity index (χ0) is 17.1. The highest BCUT2D eigenvalue weighted by atomic mass is 32.2. The zero-order valence-corrected chi connectivity index (χ0v) is 15.1. The number of thioether (sulfide) groups is 1. The first-order valence-corrected chi connectivity index (χ1v) is 8.89. The van der Waals surface area contributed by atoms with Crippen molar-refractivity contribution in [1.29, 1.82) is 0 Å². The smallest absolute Gasteiger partial charge is 0.270 e. The van der Waals surface area contributed by atoms with Crippen LogP contribution in [0.15, 0.2) is 53.4 Å². The molecule has 0 bridgehead atoms. The largest absolute Gasteiger partial charge is 0.494 e. The van der Waals surface area contributed by atoms with E-state index in [1.807, 2.05) is 68.5 Å². The molecule has 24 heavy (non-hydrogen) atoms. The van der Waals surface area contributed by atoms with E-state index in [1.165, 1.54) is 11.8 Å². The molecular weight excluding hydrogens is 338 g/mol. The number of nitrogens with zero attached hydrogens (tertiary/aromatic N) is 1. The molecule has 122 valence electrons. The second-order valence-electron chi connectivity index (χ2n) is 5.30. The summed E-state index contributed by atoms with van der Waals surface area (Å²) < 4.78 is 5.98. The summed E-state index contributed by atoms with van der Waals surface area (Å²) in [6.45, 7) is 4.57. The van der Waals surface area contributed by atoms with Crippen LogP contribution in [0, 0.1) is 6.92 Å². The summed E-state index contributed by atoms with van der Waals surface area (Å²) in [6.07, 6.45) is 1.91. The second-order valence-corrected chi connectivity index (χ2v) is 6.98. The number of hydrogen-bond donors (Lipinski definition) is 0. The number of benzene rings is 2. The molecule has 2 aromatic rings. The summed E-state index contributed by atoms with van der Waals surface area (Å²) in [4.78, 5) is 15.0. The van der Waals surface area contributed by atoms with E-state index in [1.54, 1.807) is 4.90 Å². The summed E-state index contributed by atoms with van der Waals surface area (Å²) in [5, 5.41) is 0. The number of aryl methyl sites for hydroxylation is 1. The van der Waals surface area contributed by atoms with Gasteiger partial charge in [0.15, 0.2) is 4.32 Å². The average molecular weight is 355 g/mol. The molecule has 0 N–H and O–H groups in total. The van der Waals surface area contributed by atoms with Crippen molar-refractivity contribution < 1.29 is 9.53 Å². The molecule has 2 aromatic carbocycles. The van der Waals surface area contributed by atoms with E-state index in [9.17, 15) is 4.79 Å². The van der Waals surface area contributed by atoms with Crippen molar-refractivity contribution in [2.45, 2.75) is 13.8 Å². The predicted molar refractivity (Wildman–Crippen MR) is 104 cm³/mol. The number of carbonyl (C=O) groups excluding carboxylic acids is 1. The van der Waals surface area contributed by atoms with E-state index in [0.717, 1.165) is 22.6 Å². The number of rotatable bonds is 4. The Bertz CT molecular complexity index is 812. The van der Waals surface area contributed by atoms with Crippen LogP contribution in [0.5, 0.6) is 5.75 Å². The summed E-state index contributed by atoms with van der Waals surface area (Å²) >= 11 is 6.74. The van der Waals surface area contributed by atoms with Gasteiger partial charge in [0.05, 0.1) is 17.2 Å². The maximum atomic E-state index is 12.8. The Morgan fingerprint density at radius 1 is 1.17 bits per heavy atom. The van der Waals surface area contributed by atoms with E-state index in [2.05, 4.69) is 0 Å². The first kappa shape index (κ1) is 16.7. The van der Waals surface area contributed by atoms with Gasteiger partial charge in [-0.3, -0.25) is 9.69 Å². The molecule has 3 rings (SSSR count). The topological polar surface area (TPSA) is 29.5 Å². The monoisotopic (exact) mass is 355 g/mol. The van der Waals surface area contributed by atoms with Gasteiger partial charge in [0, 0.05) is 0 Å². The molecule has 3 nitrogen and oxygen atoms in total. The molecule has 0 aliphatic carbocycles. The summed E-state index contributed by atoms with van der Waals surface area (Å²) in [5.41, 5.74) is 2.92. The Morgan fingerprint density at radius 2 is 1.88 bits per heavy atom. The highest BCUT2D eigenvalue weighted by molar-refractivity contribution is 8.27. The third kappa shape index (κ3) is 3.37. The normalized spacial score (nSPS) is 16.1. The number of amides is 1. The molecule has 1 heterocycles. The minimum Gasteiger partial charge on any atom is -0.494 e. The van der Waals surface area contributed by atoms with Gasteiger partial charge >= 0.3 is 0 Å². The minimum atomic E-state index is -0.0857. The highest BCUT2D eigenvalue weighted by Crippen LogP contribution is 2.36. The molecule has 0 atom stereocenters. The highest BCUT2D eigenvalue weighted by Gasteiger charge is 2.33. The van der Waals surface area contributed by atoms with E-state index in [4.69, 9.17) is 17.0 Å². The Hall–Kier alpha value is -2.11. The van der Waals surface area contributed by atoms with Gasteiger partial charge in [-0.15, -0.1) is 0 Å². The fourth-order valence-electron chi connectivity index (χ4n) is 2.44. The molecule has 1 saturated heterocycles. The van der Waals surface area contributed by atoms with Gasteiger partial charge < -0.3 is 4.74 Å². The Labute approximate surface area is 151 Å². The van der Waals surface area contributed by atoms with Crippen molar-refractivity contribution in [1.82, 2.24) is 0 Å². The zero-order valence-electron chi connectivity index (χ0n) is 13.5. The summed E-state index contributed by atoms with van der Waals surface area (Å²) in [6, 6.07) is 15.4. The van der Waals surface area contributed by atoms with Crippen LogP contribution in [0.3, 0.4) is 0 Å². The Kier molecular flexibility index (Phi) is 5.02. The fraction of sp³-hybridized carbons (Fsp3) is 0.158. The first-order valence-electron chi connectivity index (χ1n) is 7.66. The van der Waals surface area contributed by atoms with Crippen molar-refractivity contribution in [2.24, 2.45) is 0 Å². The van der Waals surface area contributed by atoms with E-state index in [0.29, 0.717) is 15.8 Å². The number of thiocarbonyl (C=S) groups is 1. The lowest BCUT2D eigenvalue weighted by Gasteiger charge is -2.15. The lowest BCUT2D eigenvalue weighted by atomic mass is 10.1. The number of ether oxygens (including phenoxy) is 1. The summed E-state index contributed by atoms with van der Waals surface area (Å²) in [5.74, 6) is 0.694. The van der Waals surface area contributed by atoms with Crippen LogP contribution in [0.4, 0.5) is 5.69 Å². The van der Waals surface area contributed by atoms with Crippen LogP contribution in [0.2, 0.25) is 0 Å². The van der Waals surface area contributed by atoms with Gasteiger partial charge in [0.1, 0.15) is 5.75 Å². The van der Waals surface area contributed by atoms with Gasteiger partial charge in [-0.25, -0.2) is 0 Å². The standard InChI is InChI=1S/C19H17NO2S2/c1-3-22-16-10-8-15(9-11-16)20-18(21)17(24-19(20)23)12-14-7-5-4-6-13(14)2/h4-12H,3H2,1-2H3/b17-12+. The van der Waals surface area contributed by atoms with Crippen LogP contribution < -0.4 is 9.64 Å². The molecule has 1 fully saturated rings. The van der Waals surface area contributed by atoms with E-state index in [-0.39, 0.29) is 5.91 Å². The van der Waals surface area contributed by atoms with Crippen molar-refractivity contribution in [2.75, 3.05) is 11.5 Å². The lowest BCUT2D eigenvalue weighted by molar-refractivity contribution is -0.113. The van der Waals surface area contributed by atoms with Gasteiger partial charge in [-0.2, -0.15) is 0 Å². The van der Waals surface area contributed by atoms with Crippen LogP contribution in [-0.2, 0) is 4.79 Å². The van der Waals surface area contributed by atoms with Gasteiger partial charge in [0.25, 0.3) is 5.91 Å².